The molecule has 2 N–H and O–H groups in total. The number of pyridine rings is 1. The SMILES string of the molecule is O=C(Nc1cc(Cl)c2cccnc2c1O)C(Cc1ccccc1Cl)Oc1ccccc1. The molecule has 156 valence electrons. The number of aromatic hydroxyl groups is 1. The van der Waals surface area contributed by atoms with Crippen LogP contribution in [0.25, 0.3) is 10.9 Å². The number of para-hydroxylation sites is 1. The van der Waals surface area contributed by atoms with Crippen LogP contribution in [0.2, 0.25) is 10.0 Å². The van der Waals surface area contributed by atoms with Crippen LogP contribution in [0, 0.1) is 0 Å². The molecule has 0 saturated heterocycles. The van der Waals surface area contributed by atoms with Gasteiger partial charge in [-0.2, -0.15) is 0 Å². The number of benzene rings is 3. The van der Waals surface area contributed by atoms with Gasteiger partial charge in [0.1, 0.15) is 11.3 Å². The van der Waals surface area contributed by atoms with E-state index in [0.29, 0.717) is 26.7 Å². The van der Waals surface area contributed by atoms with E-state index in [0.717, 1.165) is 5.56 Å². The van der Waals surface area contributed by atoms with Gasteiger partial charge in [-0.05, 0) is 42.0 Å². The van der Waals surface area contributed by atoms with Crippen LogP contribution in [0.15, 0.2) is 79.0 Å². The van der Waals surface area contributed by atoms with Gasteiger partial charge in [-0.1, -0.05) is 59.6 Å². The third-order valence-corrected chi connectivity index (χ3v) is 5.43. The number of amides is 1. The minimum absolute atomic E-state index is 0.155. The van der Waals surface area contributed by atoms with Gasteiger partial charge in [0.25, 0.3) is 5.91 Å². The fourth-order valence-electron chi connectivity index (χ4n) is 3.21. The van der Waals surface area contributed by atoms with Crippen LogP contribution in [-0.2, 0) is 11.2 Å². The lowest BCUT2D eigenvalue weighted by Gasteiger charge is -2.20. The molecule has 0 radical (unpaired) electrons. The van der Waals surface area contributed by atoms with Crippen LogP contribution in [0.3, 0.4) is 0 Å². The Labute approximate surface area is 189 Å². The van der Waals surface area contributed by atoms with E-state index in [1.165, 1.54) is 6.07 Å². The number of nitrogens with zero attached hydrogens (tertiary/aromatic N) is 1. The zero-order valence-electron chi connectivity index (χ0n) is 16.3. The van der Waals surface area contributed by atoms with Gasteiger partial charge >= 0.3 is 0 Å². The highest BCUT2D eigenvalue weighted by molar-refractivity contribution is 6.36. The number of anilines is 1. The van der Waals surface area contributed by atoms with Gasteiger partial charge in [-0.15, -0.1) is 0 Å². The van der Waals surface area contributed by atoms with Gasteiger partial charge in [0.2, 0.25) is 0 Å². The topological polar surface area (TPSA) is 71.5 Å². The van der Waals surface area contributed by atoms with Crippen LogP contribution in [0.1, 0.15) is 5.56 Å². The number of rotatable bonds is 6. The number of phenolic OH excluding ortho intramolecular Hbond substituents is 1. The Balaban J connectivity index is 1.65. The number of nitrogens with one attached hydrogen (secondary N) is 1. The lowest BCUT2D eigenvalue weighted by atomic mass is 10.1. The van der Waals surface area contributed by atoms with E-state index in [9.17, 15) is 9.90 Å². The normalized spacial score (nSPS) is 11.8. The number of hydrogen-bond acceptors (Lipinski definition) is 4. The largest absolute Gasteiger partial charge is 0.504 e. The van der Waals surface area contributed by atoms with Crippen molar-refractivity contribution in [3.8, 4) is 11.5 Å². The Morgan fingerprint density at radius 2 is 1.74 bits per heavy atom. The van der Waals surface area contributed by atoms with E-state index < -0.39 is 12.0 Å². The quantitative estimate of drug-likeness (QED) is 0.358. The van der Waals surface area contributed by atoms with Crippen molar-refractivity contribution < 1.29 is 14.6 Å². The van der Waals surface area contributed by atoms with Crippen molar-refractivity contribution in [2.75, 3.05) is 5.32 Å². The predicted molar refractivity (Wildman–Crippen MR) is 123 cm³/mol. The third-order valence-electron chi connectivity index (χ3n) is 4.75. The molecule has 1 heterocycles. The van der Waals surface area contributed by atoms with Crippen molar-refractivity contribution in [3.63, 3.8) is 0 Å². The maximum atomic E-state index is 13.2. The number of aromatic nitrogens is 1. The van der Waals surface area contributed by atoms with Crippen molar-refractivity contribution in [1.82, 2.24) is 4.98 Å². The van der Waals surface area contributed by atoms with E-state index in [1.54, 1.807) is 36.5 Å². The molecule has 0 spiro atoms. The van der Waals surface area contributed by atoms with Gasteiger partial charge in [0, 0.05) is 23.0 Å². The highest BCUT2D eigenvalue weighted by Crippen LogP contribution is 2.36. The van der Waals surface area contributed by atoms with Crippen LogP contribution in [-0.4, -0.2) is 22.1 Å². The zero-order valence-corrected chi connectivity index (χ0v) is 17.8. The Morgan fingerprint density at radius 3 is 2.52 bits per heavy atom. The van der Waals surface area contributed by atoms with Crippen molar-refractivity contribution in [1.29, 1.82) is 0 Å². The molecule has 5 nitrogen and oxygen atoms in total. The summed E-state index contributed by atoms with van der Waals surface area (Å²) in [7, 11) is 0. The second kappa shape index (κ2) is 9.25. The summed E-state index contributed by atoms with van der Waals surface area (Å²) in [4.78, 5) is 17.3. The minimum atomic E-state index is -0.903. The second-order valence-electron chi connectivity index (χ2n) is 6.86. The molecule has 4 aromatic rings. The number of fused-ring (bicyclic) bond motifs is 1. The Hall–Kier alpha value is -3.28. The van der Waals surface area contributed by atoms with E-state index in [4.69, 9.17) is 27.9 Å². The zero-order chi connectivity index (χ0) is 21.8. The molecular weight excluding hydrogens is 435 g/mol. The molecular formula is C24H18Cl2N2O3. The molecule has 3 aromatic carbocycles. The molecule has 0 bridgehead atoms. The van der Waals surface area contributed by atoms with E-state index >= 15 is 0 Å². The number of carbonyl (C=O) groups is 1. The number of phenols is 1. The van der Waals surface area contributed by atoms with Gasteiger partial charge in [0.05, 0.1) is 10.7 Å². The third kappa shape index (κ3) is 4.74. The first-order valence-electron chi connectivity index (χ1n) is 9.55. The highest BCUT2D eigenvalue weighted by Gasteiger charge is 2.24. The lowest BCUT2D eigenvalue weighted by molar-refractivity contribution is -0.122. The van der Waals surface area contributed by atoms with E-state index in [2.05, 4.69) is 10.3 Å². The summed E-state index contributed by atoms with van der Waals surface area (Å²) in [5, 5.41) is 14.8. The molecule has 0 aliphatic carbocycles. The molecule has 31 heavy (non-hydrogen) atoms. The van der Waals surface area contributed by atoms with Crippen LogP contribution >= 0.6 is 23.2 Å². The van der Waals surface area contributed by atoms with Crippen molar-refractivity contribution in [3.05, 3.63) is 94.6 Å². The Bertz CT molecular complexity index is 1230. The summed E-state index contributed by atoms with van der Waals surface area (Å²) in [6, 6.07) is 21.3. The number of ether oxygens (including phenoxy) is 1. The molecule has 4 rings (SSSR count). The van der Waals surface area contributed by atoms with Crippen molar-refractivity contribution in [2.45, 2.75) is 12.5 Å². The smallest absolute Gasteiger partial charge is 0.265 e. The van der Waals surface area contributed by atoms with Crippen molar-refractivity contribution >= 4 is 45.7 Å². The summed E-state index contributed by atoms with van der Waals surface area (Å²) >= 11 is 12.6. The molecule has 0 saturated carbocycles. The van der Waals surface area contributed by atoms with Crippen LogP contribution in [0.4, 0.5) is 5.69 Å². The van der Waals surface area contributed by atoms with Gasteiger partial charge in [0.15, 0.2) is 11.9 Å². The monoisotopic (exact) mass is 452 g/mol. The summed E-state index contributed by atoms with van der Waals surface area (Å²) in [6.45, 7) is 0. The molecule has 0 aliphatic rings. The summed E-state index contributed by atoms with van der Waals surface area (Å²) < 4.78 is 5.96. The molecule has 7 heteroatoms. The number of halogens is 2. The van der Waals surface area contributed by atoms with Gasteiger partial charge < -0.3 is 15.2 Å². The van der Waals surface area contributed by atoms with Gasteiger partial charge in [-0.3, -0.25) is 9.78 Å². The molecule has 0 fully saturated rings. The average Bonchev–Trinajstić information content (AvgIpc) is 2.79. The molecule has 1 amide bonds. The highest BCUT2D eigenvalue weighted by atomic mass is 35.5. The predicted octanol–water partition coefficient (Wildman–Crippen LogP) is 5.88. The standard InChI is InChI=1S/C24H18Cl2N2O3/c25-18-11-5-4-7-15(18)13-21(31-16-8-2-1-3-9-16)24(30)28-20-14-19(26)17-10-6-12-27-22(17)23(20)29/h1-12,14,21,29H,13H2,(H,28,30). The minimum Gasteiger partial charge on any atom is -0.504 e. The Morgan fingerprint density at radius 1 is 1.00 bits per heavy atom. The molecule has 1 aromatic heterocycles. The fraction of sp³-hybridized carbons (Fsp3) is 0.0833. The maximum absolute atomic E-state index is 13.2. The molecule has 1 atom stereocenters. The number of carbonyl (C=O) groups excluding carboxylic acids is 1. The number of hydrogen-bond donors (Lipinski definition) is 2. The first-order valence-corrected chi connectivity index (χ1v) is 10.3. The summed E-state index contributed by atoms with van der Waals surface area (Å²) in [5.41, 5.74) is 1.22. The molecule has 0 aliphatic heterocycles. The fourth-order valence-corrected chi connectivity index (χ4v) is 3.69. The van der Waals surface area contributed by atoms with Crippen LogP contribution < -0.4 is 10.1 Å². The maximum Gasteiger partial charge on any atom is 0.265 e. The van der Waals surface area contributed by atoms with E-state index in [-0.39, 0.29) is 17.9 Å². The summed E-state index contributed by atoms with van der Waals surface area (Å²) in [6.07, 6.45) is 0.878. The molecule has 1 unspecified atom stereocenters. The first kappa shape index (κ1) is 21.0. The van der Waals surface area contributed by atoms with Crippen LogP contribution in [0.5, 0.6) is 11.5 Å². The summed E-state index contributed by atoms with van der Waals surface area (Å²) in [5.74, 6) is -0.0767. The average molecular weight is 453 g/mol. The second-order valence-corrected chi connectivity index (χ2v) is 7.67. The first-order chi connectivity index (χ1) is 15.0. The van der Waals surface area contributed by atoms with Crippen molar-refractivity contribution in [2.24, 2.45) is 0 Å². The Kier molecular flexibility index (Phi) is 6.26. The van der Waals surface area contributed by atoms with Gasteiger partial charge in [-0.25, -0.2) is 0 Å². The van der Waals surface area contributed by atoms with E-state index in [1.807, 2.05) is 36.4 Å². The lowest BCUT2D eigenvalue weighted by Crippen LogP contribution is -2.35.